The van der Waals surface area contributed by atoms with Crippen LogP contribution in [0.2, 0.25) is 0 Å². The number of nitrogens with zero attached hydrogens (tertiary/aromatic N) is 3. The highest BCUT2D eigenvalue weighted by atomic mass is 32.2. The van der Waals surface area contributed by atoms with Gasteiger partial charge in [-0.1, -0.05) is 49.0 Å². The van der Waals surface area contributed by atoms with Gasteiger partial charge in [-0.05, 0) is 55.9 Å². The van der Waals surface area contributed by atoms with E-state index >= 15 is 0 Å². The van der Waals surface area contributed by atoms with Crippen molar-refractivity contribution < 1.29 is 4.79 Å². The lowest BCUT2D eigenvalue weighted by Crippen LogP contribution is -2.40. The van der Waals surface area contributed by atoms with Crippen molar-refractivity contribution in [3.63, 3.8) is 0 Å². The normalized spacial score (nSPS) is 16.8. The first-order valence-electron chi connectivity index (χ1n) is 10.4. The predicted octanol–water partition coefficient (Wildman–Crippen LogP) is 4.35. The highest BCUT2D eigenvalue weighted by Gasteiger charge is 2.22. The molecule has 30 heavy (non-hydrogen) atoms. The second-order valence-corrected chi connectivity index (χ2v) is 9.11. The van der Waals surface area contributed by atoms with Crippen molar-refractivity contribution >= 4 is 28.6 Å². The maximum atomic E-state index is 13.5. The number of carbonyl (C=O) groups excluding carboxylic acids is 1. The minimum Gasteiger partial charge on any atom is -0.342 e. The van der Waals surface area contributed by atoms with Gasteiger partial charge in [0.15, 0.2) is 5.16 Å². The number of aromatic nitrogens is 2. The summed E-state index contributed by atoms with van der Waals surface area (Å²) in [4.78, 5) is 33.0. The molecule has 6 heteroatoms. The first kappa shape index (κ1) is 20.7. The van der Waals surface area contributed by atoms with Crippen molar-refractivity contribution in [2.24, 2.45) is 5.92 Å². The van der Waals surface area contributed by atoms with Crippen LogP contribution in [0.25, 0.3) is 16.6 Å². The van der Waals surface area contributed by atoms with Gasteiger partial charge in [0.05, 0.1) is 22.3 Å². The summed E-state index contributed by atoms with van der Waals surface area (Å²) < 4.78 is 1.68. The highest BCUT2D eigenvalue weighted by molar-refractivity contribution is 7.99. The summed E-state index contributed by atoms with van der Waals surface area (Å²) in [5.41, 5.74) is 3.42. The molecule has 1 amide bonds. The molecule has 0 unspecified atom stereocenters. The summed E-state index contributed by atoms with van der Waals surface area (Å²) in [5, 5.41) is 1.15. The number of likely N-dealkylation sites (tertiary alicyclic amines) is 1. The third-order valence-corrected chi connectivity index (χ3v) is 6.67. The third kappa shape index (κ3) is 4.01. The number of hydrogen-bond donors (Lipinski definition) is 0. The fraction of sp³-hybridized carbons (Fsp3) is 0.375. The van der Waals surface area contributed by atoms with Gasteiger partial charge in [-0.25, -0.2) is 4.98 Å². The maximum absolute atomic E-state index is 13.5. The average molecular weight is 422 g/mol. The van der Waals surface area contributed by atoms with E-state index in [0.717, 1.165) is 36.3 Å². The van der Waals surface area contributed by atoms with Crippen LogP contribution in [0.1, 0.15) is 30.9 Å². The van der Waals surface area contributed by atoms with E-state index in [0.29, 0.717) is 22.0 Å². The molecule has 2 heterocycles. The summed E-state index contributed by atoms with van der Waals surface area (Å²) in [6, 6.07) is 13.4. The Hall–Kier alpha value is -2.60. The van der Waals surface area contributed by atoms with E-state index in [1.165, 1.54) is 18.2 Å². The van der Waals surface area contributed by atoms with E-state index < -0.39 is 0 Å². The number of rotatable bonds is 4. The minimum atomic E-state index is -0.0976. The van der Waals surface area contributed by atoms with Crippen molar-refractivity contribution in [1.29, 1.82) is 0 Å². The Morgan fingerprint density at radius 3 is 2.60 bits per heavy atom. The van der Waals surface area contributed by atoms with Crippen LogP contribution in [0.3, 0.4) is 0 Å². The van der Waals surface area contributed by atoms with Crippen LogP contribution in [-0.4, -0.2) is 39.2 Å². The van der Waals surface area contributed by atoms with Gasteiger partial charge in [-0.3, -0.25) is 14.2 Å². The molecule has 0 spiro atoms. The number of piperidine rings is 1. The van der Waals surface area contributed by atoms with Crippen LogP contribution in [-0.2, 0) is 4.79 Å². The first-order valence-corrected chi connectivity index (χ1v) is 11.4. The molecule has 1 atom stereocenters. The number of carbonyl (C=O) groups is 1. The summed E-state index contributed by atoms with van der Waals surface area (Å²) in [7, 11) is 0. The number of para-hydroxylation sites is 2. The Morgan fingerprint density at radius 1 is 1.13 bits per heavy atom. The predicted molar refractivity (Wildman–Crippen MR) is 123 cm³/mol. The van der Waals surface area contributed by atoms with Gasteiger partial charge >= 0.3 is 0 Å². The zero-order chi connectivity index (χ0) is 21.3. The smallest absolute Gasteiger partial charge is 0.266 e. The van der Waals surface area contributed by atoms with Crippen molar-refractivity contribution in [1.82, 2.24) is 14.5 Å². The van der Waals surface area contributed by atoms with Gasteiger partial charge in [0.25, 0.3) is 5.56 Å². The van der Waals surface area contributed by atoms with Crippen molar-refractivity contribution in [3.05, 3.63) is 63.9 Å². The molecule has 156 valence electrons. The molecule has 0 N–H and O–H groups in total. The largest absolute Gasteiger partial charge is 0.342 e. The molecule has 1 saturated heterocycles. The van der Waals surface area contributed by atoms with E-state index in [2.05, 4.69) is 6.92 Å². The molecule has 1 aliphatic heterocycles. The summed E-state index contributed by atoms with van der Waals surface area (Å²) in [6.45, 7) is 7.82. The van der Waals surface area contributed by atoms with E-state index in [-0.39, 0.29) is 17.2 Å². The Kier molecular flexibility index (Phi) is 5.95. The van der Waals surface area contributed by atoms with Crippen LogP contribution < -0.4 is 5.56 Å². The fourth-order valence-corrected chi connectivity index (χ4v) is 5.10. The van der Waals surface area contributed by atoms with E-state index in [9.17, 15) is 9.59 Å². The molecule has 3 aromatic rings. The van der Waals surface area contributed by atoms with Gasteiger partial charge in [0, 0.05) is 13.1 Å². The number of thioether (sulfide) groups is 1. The van der Waals surface area contributed by atoms with Crippen LogP contribution in [0.15, 0.2) is 52.4 Å². The monoisotopic (exact) mass is 421 g/mol. The molecule has 1 fully saturated rings. The molecule has 5 nitrogen and oxygen atoms in total. The lowest BCUT2D eigenvalue weighted by atomic mass is 10.0. The van der Waals surface area contributed by atoms with Gasteiger partial charge in [-0.2, -0.15) is 0 Å². The first-order chi connectivity index (χ1) is 14.5. The maximum Gasteiger partial charge on any atom is 0.266 e. The lowest BCUT2D eigenvalue weighted by molar-refractivity contribution is -0.130. The molecular formula is C24H27N3O2S. The van der Waals surface area contributed by atoms with Gasteiger partial charge in [0.2, 0.25) is 5.91 Å². The average Bonchev–Trinajstić information content (AvgIpc) is 2.73. The van der Waals surface area contributed by atoms with Gasteiger partial charge in [0.1, 0.15) is 0 Å². The number of benzene rings is 2. The fourth-order valence-electron chi connectivity index (χ4n) is 4.20. The molecule has 0 aliphatic carbocycles. The molecule has 0 radical (unpaired) electrons. The van der Waals surface area contributed by atoms with Crippen molar-refractivity contribution in [2.75, 3.05) is 18.8 Å². The second kappa shape index (κ2) is 8.64. The molecule has 0 saturated carbocycles. The van der Waals surface area contributed by atoms with Crippen LogP contribution in [0.4, 0.5) is 0 Å². The quantitative estimate of drug-likeness (QED) is 0.464. The number of fused-ring (bicyclic) bond motifs is 1. The zero-order valence-electron chi connectivity index (χ0n) is 17.7. The number of hydrogen-bond acceptors (Lipinski definition) is 4. The molecule has 4 rings (SSSR count). The molecule has 1 aromatic heterocycles. The Morgan fingerprint density at radius 2 is 1.87 bits per heavy atom. The van der Waals surface area contributed by atoms with E-state index in [1.54, 1.807) is 4.57 Å². The minimum absolute atomic E-state index is 0.0976. The van der Waals surface area contributed by atoms with Crippen molar-refractivity contribution in [3.8, 4) is 5.69 Å². The topological polar surface area (TPSA) is 55.2 Å². The Bertz CT molecular complexity index is 1130. The Labute approximate surface area is 181 Å². The molecule has 0 bridgehead atoms. The highest BCUT2D eigenvalue weighted by Crippen LogP contribution is 2.26. The number of aryl methyl sites for hydroxylation is 2. The van der Waals surface area contributed by atoms with Crippen LogP contribution in [0.5, 0.6) is 0 Å². The Balaban J connectivity index is 1.75. The summed E-state index contributed by atoms with van der Waals surface area (Å²) in [5.74, 6) is 0.934. The third-order valence-electron chi connectivity index (χ3n) is 5.74. The van der Waals surface area contributed by atoms with Gasteiger partial charge in [-0.15, -0.1) is 0 Å². The van der Waals surface area contributed by atoms with Crippen molar-refractivity contribution in [2.45, 2.75) is 38.8 Å². The lowest BCUT2D eigenvalue weighted by Gasteiger charge is -2.30. The van der Waals surface area contributed by atoms with Crippen LogP contribution >= 0.6 is 11.8 Å². The molecule has 2 aromatic carbocycles. The van der Waals surface area contributed by atoms with E-state index in [4.69, 9.17) is 4.98 Å². The van der Waals surface area contributed by atoms with E-state index in [1.807, 2.05) is 61.2 Å². The summed E-state index contributed by atoms with van der Waals surface area (Å²) >= 11 is 1.35. The van der Waals surface area contributed by atoms with Crippen LogP contribution in [0, 0.1) is 19.8 Å². The second-order valence-electron chi connectivity index (χ2n) is 8.17. The molecule has 1 aliphatic rings. The zero-order valence-corrected chi connectivity index (χ0v) is 18.5. The molecular weight excluding hydrogens is 394 g/mol. The SMILES string of the molecule is Cc1cccc(C)c1-n1c(SCC(=O)N2CCC[C@@H](C)C2)nc2ccccc2c1=O. The summed E-state index contributed by atoms with van der Waals surface area (Å²) in [6.07, 6.45) is 2.23. The van der Waals surface area contributed by atoms with Gasteiger partial charge < -0.3 is 4.90 Å². The standard InChI is InChI=1S/C24H27N3O2S/c1-16-8-7-13-26(14-16)21(28)15-30-24-25-20-12-5-4-11-19(20)23(29)27(24)22-17(2)9-6-10-18(22)3/h4-6,9-12,16H,7-8,13-15H2,1-3H3/t16-/m1/s1. The number of amides is 1.